The van der Waals surface area contributed by atoms with Gasteiger partial charge in [0.2, 0.25) is 0 Å². The van der Waals surface area contributed by atoms with E-state index in [4.69, 9.17) is 5.11 Å². The minimum atomic E-state index is -0.865. The zero-order chi connectivity index (χ0) is 13.8. The van der Waals surface area contributed by atoms with Crippen molar-refractivity contribution in [1.29, 1.82) is 0 Å². The van der Waals surface area contributed by atoms with Crippen LogP contribution >= 0.6 is 0 Å². The van der Waals surface area contributed by atoms with Crippen molar-refractivity contribution in [2.75, 3.05) is 0 Å². The molecule has 0 fully saturated rings. The molecule has 0 unspecified atom stereocenters. The molecule has 1 N–H and O–H groups in total. The van der Waals surface area contributed by atoms with Gasteiger partial charge in [-0.3, -0.25) is 4.79 Å². The maximum Gasteiger partial charge on any atom is 0.303 e. The zero-order valence-electron chi connectivity index (χ0n) is 10.4. The molecule has 1 aromatic carbocycles. The largest absolute Gasteiger partial charge is 0.481 e. The maximum absolute atomic E-state index is 13.4. The first-order chi connectivity index (χ1) is 9.06. The molecule has 1 heterocycles. The first-order valence-corrected chi connectivity index (χ1v) is 5.82. The lowest BCUT2D eigenvalue weighted by atomic mass is 10.1. The number of aryl methyl sites for hydroxylation is 2. The van der Waals surface area contributed by atoms with E-state index in [1.54, 1.807) is 13.0 Å². The van der Waals surface area contributed by atoms with Crippen LogP contribution in [0.2, 0.25) is 0 Å². The van der Waals surface area contributed by atoms with E-state index in [2.05, 4.69) is 15.5 Å². The minimum absolute atomic E-state index is 0.0431. The van der Waals surface area contributed by atoms with Crippen molar-refractivity contribution in [1.82, 2.24) is 20.2 Å². The number of rotatable bonds is 5. The van der Waals surface area contributed by atoms with Gasteiger partial charge in [0.15, 0.2) is 5.82 Å². The van der Waals surface area contributed by atoms with Crippen LogP contribution in [0, 0.1) is 12.7 Å². The Morgan fingerprint density at radius 3 is 2.89 bits per heavy atom. The molecule has 0 aliphatic heterocycles. The normalized spacial score (nSPS) is 10.6. The van der Waals surface area contributed by atoms with E-state index in [0.717, 1.165) is 5.56 Å². The molecule has 0 saturated carbocycles. The van der Waals surface area contributed by atoms with E-state index in [0.29, 0.717) is 24.4 Å². The molecular formula is C12H13FN4O2. The van der Waals surface area contributed by atoms with Gasteiger partial charge in [-0.25, -0.2) is 9.07 Å². The first-order valence-electron chi connectivity index (χ1n) is 5.82. The molecule has 0 bridgehead atoms. The molecule has 0 aliphatic carbocycles. The van der Waals surface area contributed by atoms with E-state index in [1.807, 2.05) is 0 Å². The second-order valence-corrected chi connectivity index (χ2v) is 4.24. The number of aromatic nitrogens is 4. The summed E-state index contributed by atoms with van der Waals surface area (Å²) in [4.78, 5) is 10.5. The monoisotopic (exact) mass is 264 g/mol. The molecule has 6 nitrogen and oxygen atoms in total. The number of tetrazole rings is 1. The highest BCUT2D eigenvalue weighted by Gasteiger charge is 2.10. The lowest BCUT2D eigenvalue weighted by Crippen LogP contribution is -2.05. The predicted molar refractivity (Wildman–Crippen MR) is 64.8 cm³/mol. The fourth-order valence-electron chi connectivity index (χ4n) is 1.81. The number of aliphatic carboxylic acids is 1. The van der Waals surface area contributed by atoms with Crippen molar-refractivity contribution in [2.24, 2.45) is 0 Å². The second kappa shape index (κ2) is 5.55. The van der Waals surface area contributed by atoms with Gasteiger partial charge in [-0.2, -0.15) is 0 Å². The molecule has 1 aromatic heterocycles. The summed E-state index contributed by atoms with van der Waals surface area (Å²) >= 11 is 0. The number of halogens is 1. The van der Waals surface area contributed by atoms with Crippen molar-refractivity contribution in [3.63, 3.8) is 0 Å². The Kier molecular flexibility index (Phi) is 3.84. The van der Waals surface area contributed by atoms with Crippen LogP contribution in [0.4, 0.5) is 4.39 Å². The number of carboxylic acid groups (broad SMARTS) is 1. The van der Waals surface area contributed by atoms with Gasteiger partial charge in [0, 0.05) is 18.5 Å². The number of benzene rings is 1. The summed E-state index contributed by atoms with van der Waals surface area (Å²) in [6.45, 7) is 2.16. The molecule has 19 heavy (non-hydrogen) atoms. The first kappa shape index (κ1) is 13.1. The summed E-state index contributed by atoms with van der Waals surface area (Å²) in [7, 11) is 0. The van der Waals surface area contributed by atoms with Crippen LogP contribution in [0.1, 0.15) is 18.4 Å². The highest BCUT2D eigenvalue weighted by Crippen LogP contribution is 2.19. The Morgan fingerprint density at radius 1 is 1.42 bits per heavy atom. The van der Waals surface area contributed by atoms with Crippen LogP contribution in [0.5, 0.6) is 0 Å². The van der Waals surface area contributed by atoms with Crippen LogP contribution in [-0.2, 0) is 11.3 Å². The van der Waals surface area contributed by atoms with Crippen molar-refractivity contribution >= 4 is 5.97 Å². The van der Waals surface area contributed by atoms with Crippen LogP contribution < -0.4 is 0 Å². The molecule has 0 spiro atoms. The molecule has 0 radical (unpaired) electrons. The molecule has 0 aliphatic rings. The lowest BCUT2D eigenvalue weighted by molar-refractivity contribution is -0.137. The van der Waals surface area contributed by atoms with Gasteiger partial charge in [-0.15, -0.1) is 5.10 Å². The minimum Gasteiger partial charge on any atom is -0.481 e. The third-order valence-electron chi connectivity index (χ3n) is 2.59. The predicted octanol–water partition coefficient (Wildman–Crippen LogP) is 1.65. The average Bonchev–Trinajstić information content (AvgIpc) is 2.75. The SMILES string of the molecule is Cc1cc(F)cc(-c2nnnn2CCCC(=O)O)c1. The molecule has 0 atom stereocenters. The summed E-state index contributed by atoms with van der Waals surface area (Å²) in [5.74, 6) is -0.778. The second-order valence-electron chi connectivity index (χ2n) is 4.24. The van der Waals surface area contributed by atoms with Crippen molar-refractivity contribution in [3.8, 4) is 11.4 Å². The molecule has 2 aromatic rings. The Hall–Kier alpha value is -2.31. The Balaban J connectivity index is 2.21. The maximum atomic E-state index is 13.4. The number of carbonyl (C=O) groups is 1. The Morgan fingerprint density at radius 2 is 2.21 bits per heavy atom. The fraction of sp³-hybridized carbons (Fsp3) is 0.333. The highest BCUT2D eigenvalue weighted by atomic mass is 19.1. The number of nitrogens with zero attached hydrogens (tertiary/aromatic N) is 4. The molecule has 0 amide bonds. The Bertz CT molecular complexity index is 577. The lowest BCUT2D eigenvalue weighted by Gasteiger charge is -2.05. The van der Waals surface area contributed by atoms with Crippen molar-refractivity contribution < 1.29 is 14.3 Å². The van der Waals surface area contributed by atoms with E-state index in [9.17, 15) is 9.18 Å². The van der Waals surface area contributed by atoms with Gasteiger partial charge in [-0.05, 0) is 47.5 Å². The number of carboxylic acids is 1. The molecule has 0 saturated heterocycles. The van der Waals surface area contributed by atoms with Gasteiger partial charge in [0.25, 0.3) is 0 Å². The summed E-state index contributed by atoms with van der Waals surface area (Å²) in [6.07, 6.45) is 0.461. The van der Waals surface area contributed by atoms with Gasteiger partial charge in [-0.1, -0.05) is 0 Å². The van der Waals surface area contributed by atoms with Crippen molar-refractivity contribution in [3.05, 3.63) is 29.6 Å². The van der Waals surface area contributed by atoms with Gasteiger partial charge in [0.05, 0.1) is 0 Å². The third-order valence-corrected chi connectivity index (χ3v) is 2.59. The third kappa shape index (κ3) is 3.34. The zero-order valence-corrected chi connectivity index (χ0v) is 10.4. The number of hydrogen-bond donors (Lipinski definition) is 1. The summed E-state index contributed by atoms with van der Waals surface area (Å²) < 4.78 is 14.8. The number of hydrogen-bond acceptors (Lipinski definition) is 4. The van der Waals surface area contributed by atoms with Crippen LogP contribution in [0.25, 0.3) is 11.4 Å². The smallest absolute Gasteiger partial charge is 0.303 e. The molecular weight excluding hydrogens is 251 g/mol. The quantitative estimate of drug-likeness (QED) is 0.888. The van der Waals surface area contributed by atoms with Gasteiger partial charge in [0.1, 0.15) is 5.82 Å². The standard InChI is InChI=1S/C12H13FN4O2/c1-8-5-9(7-10(13)6-8)12-14-15-16-17(12)4-2-3-11(18)19/h5-7H,2-4H2,1H3,(H,18,19). The summed E-state index contributed by atoms with van der Waals surface area (Å²) in [5, 5.41) is 19.8. The van der Waals surface area contributed by atoms with Gasteiger partial charge >= 0.3 is 5.97 Å². The fourth-order valence-corrected chi connectivity index (χ4v) is 1.81. The highest BCUT2D eigenvalue weighted by molar-refractivity contribution is 5.66. The topological polar surface area (TPSA) is 80.9 Å². The van der Waals surface area contributed by atoms with E-state index in [-0.39, 0.29) is 12.2 Å². The van der Waals surface area contributed by atoms with E-state index >= 15 is 0 Å². The average molecular weight is 264 g/mol. The molecule has 2 rings (SSSR count). The van der Waals surface area contributed by atoms with Crippen LogP contribution in [-0.4, -0.2) is 31.3 Å². The summed E-state index contributed by atoms with van der Waals surface area (Å²) in [5.41, 5.74) is 1.35. The van der Waals surface area contributed by atoms with E-state index < -0.39 is 5.97 Å². The Labute approximate surface area is 108 Å². The van der Waals surface area contributed by atoms with Gasteiger partial charge < -0.3 is 5.11 Å². The van der Waals surface area contributed by atoms with Crippen LogP contribution in [0.15, 0.2) is 18.2 Å². The molecule has 7 heteroatoms. The summed E-state index contributed by atoms with van der Waals surface area (Å²) in [6, 6.07) is 4.55. The van der Waals surface area contributed by atoms with Crippen molar-refractivity contribution in [2.45, 2.75) is 26.3 Å². The van der Waals surface area contributed by atoms with Crippen LogP contribution in [0.3, 0.4) is 0 Å². The van der Waals surface area contributed by atoms with E-state index in [1.165, 1.54) is 16.8 Å². The molecule has 100 valence electrons.